The average molecular weight is 259 g/mol. The molecule has 0 spiro atoms. The lowest BCUT2D eigenvalue weighted by Crippen LogP contribution is -2.38. The summed E-state index contributed by atoms with van der Waals surface area (Å²) in [6.45, 7) is 0.513. The van der Waals surface area contributed by atoms with Crippen molar-refractivity contribution in [1.29, 1.82) is 0 Å². The second kappa shape index (κ2) is 4.68. The van der Waals surface area contributed by atoms with Gasteiger partial charge in [-0.3, -0.25) is 9.59 Å². The van der Waals surface area contributed by atoms with E-state index in [0.717, 1.165) is 24.1 Å². The Morgan fingerprint density at radius 3 is 2.63 bits per heavy atom. The van der Waals surface area contributed by atoms with Gasteiger partial charge < -0.3 is 10.0 Å². The summed E-state index contributed by atoms with van der Waals surface area (Å²) in [5, 5.41) is 9.26. The fourth-order valence-corrected chi connectivity index (χ4v) is 2.76. The third-order valence-electron chi connectivity index (χ3n) is 4.00. The highest BCUT2D eigenvalue weighted by Gasteiger charge is 2.34. The first-order valence-corrected chi connectivity index (χ1v) is 6.79. The maximum atomic E-state index is 12.3. The average Bonchev–Trinajstić information content (AvgIpc) is 3.21. The third kappa shape index (κ3) is 2.35. The third-order valence-corrected chi connectivity index (χ3v) is 4.00. The van der Waals surface area contributed by atoms with E-state index < -0.39 is 11.9 Å². The molecule has 3 rings (SSSR count). The van der Waals surface area contributed by atoms with Gasteiger partial charge in [0.25, 0.3) is 0 Å². The Hall–Kier alpha value is -1.84. The smallest absolute Gasteiger partial charge is 0.311 e. The molecule has 2 aliphatic rings. The minimum absolute atomic E-state index is 0.138. The summed E-state index contributed by atoms with van der Waals surface area (Å²) in [7, 11) is 0. The maximum Gasteiger partial charge on any atom is 0.311 e. The lowest BCUT2D eigenvalue weighted by atomic mass is 9.90. The fourth-order valence-electron chi connectivity index (χ4n) is 2.76. The van der Waals surface area contributed by atoms with Crippen molar-refractivity contribution in [3.8, 4) is 0 Å². The Morgan fingerprint density at radius 1 is 1.21 bits per heavy atom. The number of anilines is 1. The zero-order valence-corrected chi connectivity index (χ0v) is 10.7. The second-order valence-electron chi connectivity index (χ2n) is 5.43. The normalized spacial score (nSPS) is 21.9. The van der Waals surface area contributed by atoms with Crippen molar-refractivity contribution < 1.29 is 14.7 Å². The predicted molar refractivity (Wildman–Crippen MR) is 71.1 cm³/mol. The number of carboxylic acids is 1. The number of amides is 1. The molecule has 0 radical (unpaired) electrons. The van der Waals surface area contributed by atoms with Gasteiger partial charge >= 0.3 is 5.97 Å². The van der Waals surface area contributed by atoms with Gasteiger partial charge in [0, 0.05) is 18.7 Å². The minimum atomic E-state index is -0.804. The van der Waals surface area contributed by atoms with Gasteiger partial charge in [-0.2, -0.15) is 0 Å². The number of benzene rings is 1. The van der Waals surface area contributed by atoms with Crippen LogP contribution in [0.5, 0.6) is 0 Å². The molecule has 19 heavy (non-hydrogen) atoms. The number of hydrogen-bond acceptors (Lipinski definition) is 2. The summed E-state index contributed by atoms with van der Waals surface area (Å²) in [5.41, 5.74) is 1.55. The Morgan fingerprint density at radius 2 is 1.95 bits per heavy atom. The van der Waals surface area contributed by atoms with E-state index in [-0.39, 0.29) is 5.91 Å². The predicted octanol–water partition coefficient (Wildman–Crippen LogP) is 2.39. The van der Waals surface area contributed by atoms with Gasteiger partial charge in [0.2, 0.25) is 5.91 Å². The number of carbonyl (C=O) groups excluding carboxylic acids is 1. The van der Waals surface area contributed by atoms with E-state index in [1.807, 2.05) is 24.3 Å². The summed E-state index contributed by atoms with van der Waals surface area (Å²) in [5.74, 6) is -0.599. The number of aliphatic carboxylic acids is 1. The van der Waals surface area contributed by atoms with Crippen LogP contribution >= 0.6 is 0 Å². The van der Waals surface area contributed by atoms with E-state index in [1.54, 1.807) is 4.90 Å². The van der Waals surface area contributed by atoms with E-state index in [2.05, 4.69) is 0 Å². The molecular formula is C15H17NO3. The molecule has 4 nitrogen and oxygen atoms in total. The van der Waals surface area contributed by atoms with Crippen LogP contribution in [-0.4, -0.2) is 23.5 Å². The van der Waals surface area contributed by atoms with E-state index in [1.165, 1.54) is 0 Å². The van der Waals surface area contributed by atoms with E-state index in [9.17, 15) is 14.7 Å². The molecule has 1 saturated carbocycles. The van der Waals surface area contributed by atoms with Gasteiger partial charge in [0.15, 0.2) is 0 Å². The van der Waals surface area contributed by atoms with Gasteiger partial charge in [-0.05, 0) is 36.8 Å². The lowest BCUT2D eigenvalue weighted by molar-refractivity contribution is -0.139. The van der Waals surface area contributed by atoms with Gasteiger partial charge in [0.05, 0.1) is 5.92 Å². The summed E-state index contributed by atoms with van der Waals surface area (Å²) in [6, 6.07) is 7.38. The number of rotatable bonds is 3. The molecule has 1 atom stereocenters. The van der Waals surface area contributed by atoms with Crippen LogP contribution in [0.15, 0.2) is 24.3 Å². The Labute approximate surface area is 112 Å². The second-order valence-corrected chi connectivity index (χ2v) is 5.43. The molecule has 4 heteroatoms. The molecule has 1 N–H and O–H groups in total. The largest absolute Gasteiger partial charge is 0.481 e. The van der Waals surface area contributed by atoms with Gasteiger partial charge in [-0.25, -0.2) is 0 Å². The van der Waals surface area contributed by atoms with Crippen LogP contribution in [0.3, 0.4) is 0 Å². The summed E-state index contributed by atoms with van der Waals surface area (Å²) in [6.07, 6.45) is 3.41. The van der Waals surface area contributed by atoms with E-state index in [4.69, 9.17) is 0 Å². The molecule has 1 unspecified atom stereocenters. The molecule has 100 valence electrons. The quantitative estimate of drug-likeness (QED) is 0.906. The van der Waals surface area contributed by atoms with Crippen LogP contribution in [0.1, 0.15) is 37.2 Å². The minimum Gasteiger partial charge on any atom is -0.481 e. The molecule has 1 aromatic carbocycles. The number of carbonyl (C=O) groups is 2. The number of nitrogens with zero attached hydrogens (tertiary/aromatic N) is 1. The summed E-state index contributed by atoms with van der Waals surface area (Å²) < 4.78 is 0. The van der Waals surface area contributed by atoms with Gasteiger partial charge in [-0.1, -0.05) is 18.2 Å². The SMILES string of the molecule is O=C(O)C1CCN(C(=O)CC2CC2)c2ccccc21. The Kier molecular flexibility index (Phi) is 3.01. The Balaban J connectivity index is 1.89. The van der Waals surface area contributed by atoms with Crippen molar-refractivity contribution in [1.82, 2.24) is 0 Å². The molecule has 1 heterocycles. The topological polar surface area (TPSA) is 57.6 Å². The van der Waals surface area contributed by atoms with E-state index in [0.29, 0.717) is 25.3 Å². The zero-order chi connectivity index (χ0) is 13.4. The maximum absolute atomic E-state index is 12.3. The summed E-state index contributed by atoms with van der Waals surface area (Å²) >= 11 is 0. The van der Waals surface area contributed by atoms with Crippen LogP contribution in [0.2, 0.25) is 0 Å². The molecular weight excluding hydrogens is 242 g/mol. The van der Waals surface area contributed by atoms with Crippen molar-refractivity contribution in [2.24, 2.45) is 5.92 Å². The van der Waals surface area contributed by atoms with Crippen LogP contribution < -0.4 is 4.90 Å². The van der Waals surface area contributed by atoms with Crippen LogP contribution in [-0.2, 0) is 9.59 Å². The zero-order valence-electron chi connectivity index (χ0n) is 10.7. The number of hydrogen-bond donors (Lipinski definition) is 1. The van der Waals surface area contributed by atoms with Crippen LogP contribution in [0.25, 0.3) is 0 Å². The van der Waals surface area contributed by atoms with Crippen molar-refractivity contribution in [2.45, 2.75) is 31.6 Å². The van der Waals surface area contributed by atoms with Crippen LogP contribution in [0.4, 0.5) is 5.69 Å². The molecule has 1 amide bonds. The summed E-state index contributed by atoms with van der Waals surface area (Å²) in [4.78, 5) is 25.3. The number of fused-ring (bicyclic) bond motifs is 1. The van der Waals surface area contributed by atoms with Crippen molar-refractivity contribution in [3.63, 3.8) is 0 Å². The van der Waals surface area contributed by atoms with E-state index >= 15 is 0 Å². The highest BCUT2D eigenvalue weighted by molar-refractivity contribution is 5.96. The number of carboxylic acid groups (broad SMARTS) is 1. The van der Waals surface area contributed by atoms with Gasteiger partial charge in [0.1, 0.15) is 0 Å². The van der Waals surface area contributed by atoms with Crippen molar-refractivity contribution in [3.05, 3.63) is 29.8 Å². The fraction of sp³-hybridized carbons (Fsp3) is 0.467. The molecule has 1 aromatic rings. The molecule has 0 saturated heterocycles. The number of para-hydroxylation sites is 1. The molecule has 0 bridgehead atoms. The monoisotopic (exact) mass is 259 g/mol. The molecule has 1 fully saturated rings. The highest BCUT2D eigenvalue weighted by atomic mass is 16.4. The molecule has 1 aliphatic heterocycles. The van der Waals surface area contributed by atoms with Crippen molar-refractivity contribution >= 4 is 17.6 Å². The van der Waals surface area contributed by atoms with Crippen molar-refractivity contribution in [2.75, 3.05) is 11.4 Å². The van der Waals surface area contributed by atoms with Gasteiger partial charge in [-0.15, -0.1) is 0 Å². The van der Waals surface area contributed by atoms with Crippen LogP contribution in [0, 0.1) is 5.92 Å². The Bertz CT molecular complexity index is 522. The standard InChI is InChI=1S/C15H17NO3/c17-14(9-10-5-6-10)16-8-7-12(15(18)19)11-3-1-2-4-13(11)16/h1-4,10,12H,5-9H2,(H,18,19). The molecule has 1 aliphatic carbocycles. The first-order chi connectivity index (χ1) is 9.16. The first kappa shape index (κ1) is 12.2. The first-order valence-electron chi connectivity index (χ1n) is 6.79. The lowest BCUT2D eigenvalue weighted by Gasteiger charge is -2.32. The molecule has 0 aromatic heterocycles. The highest BCUT2D eigenvalue weighted by Crippen LogP contribution is 2.38.